The lowest BCUT2D eigenvalue weighted by Crippen LogP contribution is -2.33. The summed E-state index contributed by atoms with van der Waals surface area (Å²) in [5.74, 6) is 0. The summed E-state index contributed by atoms with van der Waals surface area (Å²) in [7, 11) is 0. The van der Waals surface area contributed by atoms with Crippen molar-refractivity contribution in [2.75, 3.05) is 13.1 Å². The summed E-state index contributed by atoms with van der Waals surface area (Å²) in [6, 6.07) is 6.30. The van der Waals surface area contributed by atoms with E-state index >= 15 is 0 Å². The molecule has 0 spiro atoms. The molecule has 0 unspecified atom stereocenters. The molecule has 0 bridgehead atoms. The van der Waals surface area contributed by atoms with Crippen LogP contribution in [0.15, 0.2) is 28.7 Å². The van der Waals surface area contributed by atoms with Gasteiger partial charge in [0.25, 0.3) is 0 Å². The van der Waals surface area contributed by atoms with Crippen molar-refractivity contribution in [3.8, 4) is 0 Å². The van der Waals surface area contributed by atoms with Crippen molar-refractivity contribution in [1.29, 1.82) is 0 Å². The van der Waals surface area contributed by atoms with Gasteiger partial charge in [-0.3, -0.25) is 0 Å². The molecular formula is C14H16BrNO2. The summed E-state index contributed by atoms with van der Waals surface area (Å²) in [5.41, 5.74) is 3.82. The van der Waals surface area contributed by atoms with Crippen LogP contribution in [0.2, 0.25) is 0 Å². The highest BCUT2D eigenvalue weighted by molar-refractivity contribution is 9.10. The molecule has 0 fully saturated rings. The number of hydrogen-bond donors (Lipinski definition) is 1. The van der Waals surface area contributed by atoms with Crippen molar-refractivity contribution in [2.24, 2.45) is 0 Å². The summed E-state index contributed by atoms with van der Waals surface area (Å²) >= 11 is 3.48. The van der Waals surface area contributed by atoms with E-state index < -0.39 is 6.09 Å². The van der Waals surface area contributed by atoms with Gasteiger partial charge in [0.05, 0.1) is 0 Å². The summed E-state index contributed by atoms with van der Waals surface area (Å²) < 4.78 is 1.09. The summed E-state index contributed by atoms with van der Waals surface area (Å²) in [6.45, 7) is 3.21. The van der Waals surface area contributed by atoms with Crippen LogP contribution in [0.5, 0.6) is 0 Å². The van der Waals surface area contributed by atoms with Crippen LogP contribution in [0, 0.1) is 0 Å². The average Bonchev–Trinajstić information content (AvgIpc) is 2.38. The van der Waals surface area contributed by atoms with E-state index in [4.69, 9.17) is 5.11 Å². The van der Waals surface area contributed by atoms with Crippen LogP contribution in [0.1, 0.15) is 24.5 Å². The minimum atomic E-state index is -0.836. The van der Waals surface area contributed by atoms with Crippen molar-refractivity contribution < 1.29 is 9.90 Å². The highest BCUT2D eigenvalue weighted by Gasteiger charge is 2.17. The number of carbonyl (C=O) groups is 1. The van der Waals surface area contributed by atoms with Crippen molar-refractivity contribution in [1.82, 2.24) is 4.90 Å². The maximum atomic E-state index is 10.9. The predicted molar refractivity (Wildman–Crippen MR) is 75.7 cm³/mol. The minimum Gasteiger partial charge on any atom is -0.465 e. The van der Waals surface area contributed by atoms with Gasteiger partial charge in [-0.25, -0.2) is 4.79 Å². The van der Waals surface area contributed by atoms with Gasteiger partial charge in [0, 0.05) is 17.6 Å². The Bertz CT molecular complexity index is 497. The molecule has 0 atom stereocenters. The molecule has 0 saturated heterocycles. The van der Waals surface area contributed by atoms with E-state index in [0.717, 1.165) is 17.3 Å². The number of carboxylic acid groups (broad SMARTS) is 1. The fraction of sp³-hybridized carbons (Fsp3) is 0.357. The molecule has 4 heteroatoms. The van der Waals surface area contributed by atoms with Gasteiger partial charge in [-0.15, -0.1) is 0 Å². The van der Waals surface area contributed by atoms with E-state index in [0.29, 0.717) is 13.1 Å². The Morgan fingerprint density at radius 3 is 2.83 bits per heavy atom. The molecule has 2 rings (SSSR count). The number of hydrogen-bond acceptors (Lipinski definition) is 1. The van der Waals surface area contributed by atoms with Gasteiger partial charge in [0.1, 0.15) is 0 Å². The number of rotatable bonds is 2. The van der Waals surface area contributed by atoms with Crippen LogP contribution < -0.4 is 0 Å². The monoisotopic (exact) mass is 309 g/mol. The van der Waals surface area contributed by atoms with Gasteiger partial charge in [-0.05, 0) is 41.7 Å². The number of halogens is 1. The van der Waals surface area contributed by atoms with E-state index in [1.54, 1.807) is 0 Å². The average molecular weight is 310 g/mol. The zero-order chi connectivity index (χ0) is 13.1. The minimum absolute atomic E-state index is 0.490. The number of aryl methyl sites for hydroxylation is 1. The molecular weight excluding hydrogens is 294 g/mol. The molecule has 18 heavy (non-hydrogen) atoms. The lowest BCUT2D eigenvalue weighted by Gasteiger charge is -2.24. The zero-order valence-corrected chi connectivity index (χ0v) is 11.9. The van der Waals surface area contributed by atoms with Gasteiger partial charge in [-0.1, -0.05) is 35.0 Å². The highest BCUT2D eigenvalue weighted by Crippen LogP contribution is 2.28. The topological polar surface area (TPSA) is 40.5 Å². The van der Waals surface area contributed by atoms with Gasteiger partial charge < -0.3 is 10.0 Å². The highest BCUT2D eigenvalue weighted by atomic mass is 79.9. The van der Waals surface area contributed by atoms with Crippen molar-refractivity contribution in [3.05, 3.63) is 39.9 Å². The second kappa shape index (κ2) is 5.57. The first-order valence-corrected chi connectivity index (χ1v) is 6.86. The first-order valence-electron chi connectivity index (χ1n) is 6.07. The zero-order valence-electron chi connectivity index (χ0n) is 10.3. The lowest BCUT2D eigenvalue weighted by molar-refractivity contribution is 0.150. The van der Waals surface area contributed by atoms with Crippen molar-refractivity contribution >= 4 is 27.6 Å². The van der Waals surface area contributed by atoms with Crippen LogP contribution in [-0.4, -0.2) is 29.2 Å². The Labute approximate surface area is 115 Å². The molecule has 0 aliphatic carbocycles. The Hall–Kier alpha value is -1.29. The molecule has 3 nitrogen and oxygen atoms in total. The third kappa shape index (κ3) is 2.75. The smallest absolute Gasteiger partial charge is 0.407 e. The molecule has 1 aliphatic heterocycles. The Balaban J connectivity index is 2.25. The second-order valence-electron chi connectivity index (χ2n) is 4.36. The summed E-state index contributed by atoms with van der Waals surface area (Å²) in [4.78, 5) is 12.3. The fourth-order valence-electron chi connectivity index (χ4n) is 2.26. The van der Waals surface area contributed by atoms with Gasteiger partial charge >= 0.3 is 6.09 Å². The maximum Gasteiger partial charge on any atom is 0.407 e. The Morgan fingerprint density at radius 1 is 1.50 bits per heavy atom. The quantitative estimate of drug-likeness (QED) is 0.903. The number of benzene rings is 1. The third-order valence-electron chi connectivity index (χ3n) is 3.27. The van der Waals surface area contributed by atoms with Crippen LogP contribution in [0.4, 0.5) is 4.79 Å². The first-order chi connectivity index (χ1) is 8.61. The Morgan fingerprint density at radius 2 is 2.28 bits per heavy atom. The summed E-state index contributed by atoms with van der Waals surface area (Å²) in [5, 5.41) is 8.92. The molecule has 1 N–H and O–H groups in total. The van der Waals surface area contributed by atoms with Gasteiger partial charge in [-0.2, -0.15) is 0 Å². The fourth-order valence-corrected chi connectivity index (χ4v) is 2.66. The van der Waals surface area contributed by atoms with Crippen LogP contribution in [0.3, 0.4) is 0 Å². The van der Waals surface area contributed by atoms with E-state index in [9.17, 15) is 4.79 Å². The number of nitrogens with zero attached hydrogens (tertiary/aromatic N) is 1. The van der Waals surface area contributed by atoms with Gasteiger partial charge in [0.2, 0.25) is 0 Å². The number of amides is 1. The Kier molecular flexibility index (Phi) is 4.07. The molecule has 0 aromatic heterocycles. The summed E-state index contributed by atoms with van der Waals surface area (Å²) in [6.07, 6.45) is 2.97. The normalized spacial score (nSPS) is 15.4. The van der Waals surface area contributed by atoms with E-state index in [1.165, 1.54) is 21.6 Å². The first kappa shape index (κ1) is 13.1. The van der Waals surface area contributed by atoms with E-state index in [-0.39, 0.29) is 0 Å². The largest absolute Gasteiger partial charge is 0.465 e. The second-order valence-corrected chi connectivity index (χ2v) is 5.28. The van der Waals surface area contributed by atoms with Crippen molar-refractivity contribution in [3.63, 3.8) is 0 Å². The predicted octanol–water partition coefficient (Wildman–Crippen LogP) is 3.78. The molecule has 0 saturated carbocycles. The van der Waals surface area contributed by atoms with Gasteiger partial charge in [0.15, 0.2) is 0 Å². The van der Waals surface area contributed by atoms with Crippen LogP contribution in [-0.2, 0) is 6.42 Å². The van der Waals surface area contributed by atoms with Crippen LogP contribution >= 0.6 is 15.9 Å². The molecule has 96 valence electrons. The SMILES string of the molecule is CCc1cc(Br)ccc1C1=CCN(C(=O)O)CC1. The van der Waals surface area contributed by atoms with E-state index in [1.807, 2.05) is 12.1 Å². The van der Waals surface area contributed by atoms with Crippen LogP contribution in [0.25, 0.3) is 5.57 Å². The molecule has 1 aromatic rings. The van der Waals surface area contributed by atoms with E-state index in [2.05, 4.69) is 35.0 Å². The molecule has 1 aliphatic rings. The maximum absolute atomic E-state index is 10.9. The standard InChI is InChI=1S/C14H16BrNO2/c1-2-10-9-12(15)3-4-13(10)11-5-7-16(8-6-11)14(17)18/h3-5,9H,2,6-8H2,1H3,(H,17,18). The molecule has 1 heterocycles. The molecule has 1 amide bonds. The third-order valence-corrected chi connectivity index (χ3v) is 3.77. The van der Waals surface area contributed by atoms with Crippen molar-refractivity contribution in [2.45, 2.75) is 19.8 Å². The lowest BCUT2D eigenvalue weighted by atomic mass is 9.94. The molecule has 1 aromatic carbocycles. The molecule has 0 radical (unpaired) electrons.